The van der Waals surface area contributed by atoms with E-state index >= 15 is 0 Å². The van der Waals surface area contributed by atoms with Crippen LogP contribution in [0.3, 0.4) is 0 Å². The molecule has 1 heterocycles. The molecule has 0 saturated carbocycles. The second-order valence-corrected chi connectivity index (χ2v) is 4.15. The zero-order valence-corrected chi connectivity index (χ0v) is 9.14. The second-order valence-electron chi connectivity index (χ2n) is 3.17. The van der Waals surface area contributed by atoms with E-state index in [4.69, 9.17) is 5.73 Å². The molecule has 0 fully saturated rings. The van der Waals surface area contributed by atoms with Gasteiger partial charge < -0.3 is 11.1 Å². The molecule has 0 aliphatic rings. The minimum Gasteiger partial charge on any atom is -0.356 e. The first-order chi connectivity index (χ1) is 6.75. The van der Waals surface area contributed by atoms with E-state index in [0.29, 0.717) is 13.1 Å². The van der Waals surface area contributed by atoms with Crippen LogP contribution in [-0.4, -0.2) is 19.0 Å². The number of hydrogen-bond donors (Lipinski definition) is 2. The lowest BCUT2D eigenvalue weighted by molar-refractivity contribution is -0.122. The molecule has 0 aliphatic carbocycles. The molecular formula is C10H16N2OS. The van der Waals surface area contributed by atoms with Gasteiger partial charge in [0.15, 0.2) is 0 Å². The second kappa shape index (κ2) is 5.78. The Morgan fingerprint density at radius 2 is 2.50 bits per heavy atom. The van der Waals surface area contributed by atoms with Crippen molar-refractivity contribution in [1.82, 2.24) is 5.32 Å². The van der Waals surface area contributed by atoms with Crippen LogP contribution in [0, 0.1) is 0 Å². The van der Waals surface area contributed by atoms with Gasteiger partial charge >= 0.3 is 0 Å². The molecule has 1 unspecified atom stereocenters. The Morgan fingerprint density at radius 3 is 3.07 bits per heavy atom. The van der Waals surface area contributed by atoms with Crippen molar-refractivity contribution in [3.63, 3.8) is 0 Å². The molecule has 0 aliphatic heterocycles. The summed E-state index contributed by atoms with van der Waals surface area (Å²) in [7, 11) is 0. The van der Waals surface area contributed by atoms with Crippen LogP contribution >= 0.6 is 11.3 Å². The molecular weight excluding hydrogens is 196 g/mol. The maximum Gasteiger partial charge on any atom is 0.228 e. The lowest BCUT2D eigenvalue weighted by Gasteiger charge is -2.09. The van der Waals surface area contributed by atoms with Crippen molar-refractivity contribution >= 4 is 17.2 Å². The number of nitrogens with one attached hydrogen (secondary N) is 1. The van der Waals surface area contributed by atoms with Gasteiger partial charge in [0, 0.05) is 11.4 Å². The smallest absolute Gasteiger partial charge is 0.228 e. The van der Waals surface area contributed by atoms with Crippen molar-refractivity contribution in [2.75, 3.05) is 13.1 Å². The van der Waals surface area contributed by atoms with E-state index < -0.39 is 0 Å². The molecule has 14 heavy (non-hydrogen) atoms. The van der Waals surface area contributed by atoms with Crippen LogP contribution in [-0.2, 0) is 4.79 Å². The lowest BCUT2D eigenvalue weighted by atomic mass is 10.1. The van der Waals surface area contributed by atoms with Gasteiger partial charge in [-0.15, -0.1) is 11.3 Å². The molecule has 3 N–H and O–H groups in total. The van der Waals surface area contributed by atoms with Gasteiger partial charge in [0.25, 0.3) is 0 Å². The minimum atomic E-state index is -0.0484. The summed E-state index contributed by atoms with van der Waals surface area (Å²) in [5.41, 5.74) is 5.34. The van der Waals surface area contributed by atoms with Crippen LogP contribution in [0.2, 0.25) is 0 Å². The SMILES string of the molecule is CC(C(=O)NCCCN)c1cccs1. The summed E-state index contributed by atoms with van der Waals surface area (Å²) in [5, 5.41) is 4.84. The molecule has 1 rings (SSSR count). The van der Waals surface area contributed by atoms with E-state index in [0.717, 1.165) is 11.3 Å². The van der Waals surface area contributed by atoms with Crippen molar-refractivity contribution in [2.24, 2.45) is 5.73 Å². The van der Waals surface area contributed by atoms with Crippen LogP contribution in [0.5, 0.6) is 0 Å². The highest BCUT2D eigenvalue weighted by Gasteiger charge is 2.14. The molecule has 0 radical (unpaired) electrons. The Labute approximate surface area is 88.3 Å². The number of carbonyl (C=O) groups is 1. The Hall–Kier alpha value is -0.870. The zero-order valence-electron chi connectivity index (χ0n) is 8.32. The van der Waals surface area contributed by atoms with Crippen LogP contribution in [0.4, 0.5) is 0 Å². The highest BCUT2D eigenvalue weighted by atomic mass is 32.1. The molecule has 1 aromatic rings. The number of rotatable bonds is 5. The summed E-state index contributed by atoms with van der Waals surface area (Å²) in [6.07, 6.45) is 0.836. The first-order valence-electron chi connectivity index (χ1n) is 4.77. The zero-order chi connectivity index (χ0) is 10.4. The van der Waals surface area contributed by atoms with Crippen molar-refractivity contribution < 1.29 is 4.79 Å². The van der Waals surface area contributed by atoms with Crippen molar-refractivity contribution in [3.8, 4) is 0 Å². The number of carbonyl (C=O) groups excluding carboxylic acids is 1. The van der Waals surface area contributed by atoms with E-state index in [2.05, 4.69) is 5.32 Å². The third kappa shape index (κ3) is 3.12. The number of nitrogens with two attached hydrogens (primary N) is 1. The van der Waals surface area contributed by atoms with Crippen LogP contribution in [0.1, 0.15) is 24.1 Å². The average Bonchev–Trinajstić information content (AvgIpc) is 2.69. The van der Waals surface area contributed by atoms with Crippen LogP contribution in [0.15, 0.2) is 17.5 Å². The molecule has 0 bridgehead atoms. The molecule has 4 heteroatoms. The molecule has 0 aromatic carbocycles. The normalized spacial score (nSPS) is 12.4. The van der Waals surface area contributed by atoms with Crippen molar-refractivity contribution in [3.05, 3.63) is 22.4 Å². The monoisotopic (exact) mass is 212 g/mol. The van der Waals surface area contributed by atoms with E-state index in [-0.39, 0.29) is 11.8 Å². The largest absolute Gasteiger partial charge is 0.356 e. The highest BCUT2D eigenvalue weighted by molar-refractivity contribution is 7.10. The number of thiophene rings is 1. The summed E-state index contributed by atoms with van der Waals surface area (Å²) in [5.74, 6) is 0.0358. The number of amides is 1. The van der Waals surface area contributed by atoms with E-state index in [1.54, 1.807) is 11.3 Å². The van der Waals surface area contributed by atoms with Gasteiger partial charge in [-0.1, -0.05) is 6.07 Å². The predicted octanol–water partition coefficient (Wildman–Crippen LogP) is 1.32. The van der Waals surface area contributed by atoms with Crippen LogP contribution < -0.4 is 11.1 Å². The van der Waals surface area contributed by atoms with Gasteiger partial charge in [-0.05, 0) is 31.3 Å². The fourth-order valence-corrected chi connectivity index (χ4v) is 1.92. The quantitative estimate of drug-likeness (QED) is 0.723. The van der Waals surface area contributed by atoms with Gasteiger partial charge in [-0.3, -0.25) is 4.79 Å². The summed E-state index contributed by atoms with van der Waals surface area (Å²) >= 11 is 1.61. The lowest BCUT2D eigenvalue weighted by Crippen LogP contribution is -2.29. The maximum absolute atomic E-state index is 11.6. The molecule has 3 nitrogen and oxygen atoms in total. The average molecular weight is 212 g/mol. The Morgan fingerprint density at radius 1 is 1.71 bits per heavy atom. The Kier molecular flexibility index (Phi) is 4.62. The topological polar surface area (TPSA) is 55.1 Å². The van der Waals surface area contributed by atoms with E-state index in [9.17, 15) is 4.79 Å². The van der Waals surface area contributed by atoms with E-state index in [1.165, 1.54) is 0 Å². The van der Waals surface area contributed by atoms with Gasteiger partial charge in [0.05, 0.1) is 5.92 Å². The first-order valence-corrected chi connectivity index (χ1v) is 5.65. The Balaban J connectivity index is 2.37. The molecule has 1 amide bonds. The van der Waals surface area contributed by atoms with Crippen molar-refractivity contribution in [1.29, 1.82) is 0 Å². The van der Waals surface area contributed by atoms with Gasteiger partial charge in [0.1, 0.15) is 0 Å². The molecule has 1 atom stereocenters. The summed E-state index contributed by atoms with van der Waals surface area (Å²) in [6.45, 7) is 3.21. The van der Waals surface area contributed by atoms with Gasteiger partial charge in [0.2, 0.25) is 5.91 Å². The minimum absolute atomic E-state index is 0.0484. The predicted molar refractivity (Wildman–Crippen MR) is 59.4 cm³/mol. The highest BCUT2D eigenvalue weighted by Crippen LogP contribution is 2.20. The van der Waals surface area contributed by atoms with E-state index in [1.807, 2.05) is 24.4 Å². The van der Waals surface area contributed by atoms with Gasteiger partial charge in [-0.2, -0.15) is 0 Å². The third-order valence-electron chi connectivity index (χ3n) is 2.04. The summed E-state index contributed by atoms with van der Waals surface area (Å²) in [6, 6.07) is 3.95. The van der Waals surface area contributed by atoms with Crippen LogP contribution in [0.25, 0.3) is 0 Å². The maximum atomic E-state index is 11.6. The molecule has 78 valence electrons. The summed E-state index contributed by atoms with van der Waals surface area (Å²) < 4.78 is 0. The molecule has 0 saturated heterocycles. The van der Waals surface area contributed by atoms with Gasteiger partial charge in [-0.25, -0.2) is 0 Å². The molecule has 1 aromatic heterocycles. The summed E-state index contributed by atoms with van der Waals surface area (Å²) in [4.78, 5) is 12.7. The fraction of sp³-hybridized carbons (Fsp3) is 0.500. The molecule has 0 spiro atoms. The third-order valence-corrected chi connectivity index (χ3v) is 3.10. The number of hydrogen-bond acceptors (Lipinski definition) is 3. The standard InChI is InChI=1S/C10H16N2OS/c1-8(9-4-2-7-14-9)10(13)12-6-3-5-11/h2,4,7-8H,3,5-6,11H2,1H3,(H,12,13). The Bertz CT molecular complexity index is 272. The van der Waals surface area contributed by atoms with Crippen molar-refractivity contribution in [2.45, 2.75) is 19.3 Å². The first kappa shape index (κ1) is 11.2. The fourth-order valence-electron chi connectivity index (χ4n) is 1.13.